The number of hydrogen-bond donors (Lipinski definition) is 1. The smallest absolute Gasteiger partial charge is 0.306 e. The molecule has 0 amide bonds. The Morgan fingerprint density at radius 3 is 2.35 bits per heavy atom. The molecule has 2 atom stereocenters. The molecule has 2 bridgehead atoms. The standard InChI is InChI=1S/C12H19NO4/c1-13-8-2-3-9(13)7-10(6-8)17-12(16)5-4-11(14)15/h8-10H,2-7H2,1H3,(H,14,15). The van der Waals surface area contributed by atoms with Gasteiger partial charge >= 0.3 is 11.9 Å². The number of rotatable bonds is 4. The fourth-order valence-corrected chi connectivity index (χ4v) is 2.91. The van der Waals surface area contributed by atoms with Gasteiger partial charge in [-0.05, 0) is 32.7 Å². The van der Waals surface area contributed by atoms with Gasteiger partial charge in [0.15, 0.2) is 0 Å². The second kappa shape index (κ2) is 5.04. The Hall–Kier alpha value is -1.10. The Labute approximate surface area is 101 Å². The van der Waals surface area contributed by atoms with Gasteiger partial charge in [0.1, 0.15) is 6.10 Å². The molecule has 2 fully saturated rings. The van der Waals surface area contributed by atoms with Gasteiger partial charge in [0.2, 0.25) is 0 Å². The van der Waals surface area contributed by atoms with Crippen LogP contribution >= 0.6 is 0 Å². The maximum atomic E-state index is 11.4. The van der Waals surface area contributed by atoms with E-state index >= 15 is 0 Å². The van der Waals surface area contributed by atoms with E-state index in [1.54, 1.807) is 0 Å². The van der Waals surface area contributed by atoms with Crippen LogP contribution in [0.25, 0.3) is 0 Å². The summed E-state index contributed by atoms with van der Waals surface area (Å²) in [6.45, 7) is 0. The second-order valence-corrected chi connectivity index (χ2v) is 5.03. The minimum atomic E-state index is -0.953. The summed E-state index contributed by atoms with van der Waals surface area (Å²) in [5.41, 5.74) is 0. The first-order chi connectivity index (χ1) is 8.06. The highest BCUT2D eigenvalue weighted by molar-refractivity contribution is 5.76. The average molecular weight is 241 g/mol. The zero-order valence-corrected chi connectivity index (χ0v) is 10.1. The number of carboxylic acid groups (broad SMARTS) is 1. The van der Waals surface area contributed by atoms with Crippen molar-refractivity contribution in [3.8, 4) is 0 Å². The number of piperidine rings is 1. The molecule has 0 aromatic heterocycles. The molecule has 0 radical (unpaired) electrons. The van der Waals surface area contributed by atoms with E-state index in [0.29, 0.717) is 12.1 Å². The molecule has 0 aromatic rings. The maximum Gasteiger partial charge on any atom is 0.306 e. The highest BCUT2D eigenvalue weighted by Crippen LogP contribution is 2.35. The summed E-state index contributed by atoms with van der Waals surface area (Å²) < 4.78 is 5.34. The molecule has 0 saturated carbocycles. The van der Waals surface area contributed by atoms with Gasteiger partial charge in [-0.2, -0.15) is 0 Å². The molecular weight excluding hydrogens is 222 g/mol. The summed E-state index contributed by atoms with van der Waals surface area (Å²) in [6.07, 6.45) is 3.99. The first-order valence-corrected chi connectivity index (χ1v) is 6.19. The predicted octanol–water partition coefficient (Wildman–Crippen LogP) is 1.02. The lowest BCUT2D eigenvalue weighted by atomic mass is 10.0. The molecule has 2 unspecified atom stereocenters. The van der Waals surface area contributed by atoms with Crippen LogP contribution in [0.3, 0.4) is 0 Å². The Bertz CT molecular complexity index is 304. The van der Waals surface area contributed by atoms with Crippen molar-refractivity contribution in [3.05, 3.63) is 0 Å². The summed E-state index contributed by atoms with van der Waals surface area (Å²) in [7, 11) is 2.13. The lowest BCUT2D eigenvalue weighted by molar-refractivity contribution is -0.154. The van der Waals surface area contributed by atoms with E-state index in [1.807, 2.05) is 0 Å². The third-order valence-electron chi connectivity index (χ3n) is 3.90. The maximum absolute atomic E-state index is 11.4. The number of carbonyl (C=O) groups is 2. The zero-order valence-electron chi connectivity index (χ0n) is 10.1. The Morgan fingerprint density at radius 1 is 1.24 bits per heavy atom. The predicted molar refractivity (Wildman–Crippen MR) is 60.6 cm³/mol. The van der Waals surface area contributed by atoms with Crippen molar-refractivity contribution < 1.29 is 19.4 Å². The van der Waals surface area contributed by atoms with Gasteiger partial charge in [0.05, 0.1) is 12.8 Å². The van der Waals surface area contributed by atoms with Gasteiger partial charge in [-0.15, -0.1) is 0 Å². The minimum Gasteiger partial charge on any atom is -0.481 e. The zero-order chi connectivity index (χ0) is 12.4. The van der Waals surface area contributed by atoms with E-state index in [1.165, 1.54) is 12.8 Å². The molecule has 2 aliphatic rings. The summed E-state index contributed by atoms with van der Waals surface area (Å²) in [6, 6.07) is 1.07. The molecule has 0 aromatic carbocycles. The van der Waals surface area contributed by atoms with E-state index in [4.69, 9.17) is 9.84 Å². The fourth-order valence-electron chi connectivity index (χ4n) is 2.91. The summed E-state index contributed by atoms with van der Waals surface area (Å²) in [5.74, 6) is -1.33. The summed E-state index contributed by atoms with van der Waals surface area (Å²) in [4.78, 5) is 24.1. The van der Waals surface area contributed by atoms with Crippen molar-refractivity contribution in [1.82, 2.24) is 4.90 Å². The van der Waals surface area contributed by atoms with E-state index in [9.17, 15) is 9.59 Å². The number of carboxylic acids is 1. The number of hydrogen-bond acceptors (Lipinski definition) is 4. The first kappa shape index (κ1) is 12.4. The molecule has 0 spiro atoms. The Kier molecular flexibility index (Phi) is 3.66. The quantitative estimate of drug-likeness (QED) is 0.744. The van der Waals surface area contributed by atoms with Crippen LogP contribution in [0.15, 0.2) is 0 Å². The van der Waals surface area contributed by atoms with Crippen LogP contribution < -0.4 is 0 Å². The van der Waals surface area contributed by atoms with Crippen molar-refractivity contribution in [2.75, 3.05) is 7.05 Å². The number of fused-ring (bicyclic) bond motifs is 2. The first-order valence-electron chi connectivity index (χ1n) is 6.19. The van der Waals surface area contributed by atoms with Gasteiger partial charge in [-0.1, -0.05) is 0 Å². The van der Waals surface area contributed by atoms with Crippen LogP contribution in [0, 0.1) is 0 Å². The van der Waals surface area contributed by atoms with Gasteiger partial charge in [-0.3, -0.25) is 9.59 Å². The lowest BCUT2D eigenvalue weighted by Gasteiger charge is -2.35. The number of carbonyl (C=O) groups excluding carboxylic acids is 1. The molecule has 0 aliphatic carbocycles. The van der Waals surface area contributed by atoms with Gasteiger partial charge in [0.25, 0.3) is 0 Å². The SMILES string of the molecule is CN1C2CCC1CC(OC(=O)CCC(=O)O)C2. The average Bonchev–Trinajstić information content (AvgIpc) is 2.52. The van der Waals surface area contributed by atoms with Crippen LogP contribution in [-0.4, -0.2) is 47.2 Å². The van der Waals surface area contributed by atoms with Gasteiger partial charge < -0.3 is 14.7 Å². The second-order valence-electron chi connectivity index (χ2n) is 5.03. The van der Waals surface area contributed by atoms with Crippen LogP contribution in [0.4, 0.5) is 0 Å². The van der Waals surface area contributed by atoms with Crippen molar-refractivity contribution in [2.45, 2.75) is 56.7 Å². The molecule has 5 nitrogen and oxygen atoms in total. The van der Waals surface area contributed by atoms with Crippen LogP contribution in [-0.2, 0) is 14.3 Å². The molecule has 2 heterocycles. The summed E-state index contributed by atoms with van der Waals surface area (Å²) in [5, 5.41) is 8.48. The Morgan fingerprint density at radius 2 is 1.82 bits per heavy atom. The number of esters is 1. The monoisotopic (exact) mass is 241 g/mol. The third kappa shape index (κ3) is 2.97. The van der Waals surface area contributed by atoms with Gasteiger partial charge in [-0.25, -0.2) is 0 Å². The van der Waals surface area contributed by atoms with E-state index in [2.05, 4.69) is 11.9 Å². The number of ether oxygens (including phenoxy) is 1. The Balaban J connectivity index is 1.77. The van der Waals surface area contributed by atoms with Crippen molar-refractivity contribution >= 4 is 11.9 Å². The van der Waals surface area contributed by atoms with E-state index < -0.39 is 5.97 Å². The number of aliphatic carboxylic acids is 1. The van der Waals surface area contributed by atoms with Crippen molar-refractivity contribution in [2.24, 2.45) is 0 Å². The van der Waals surface area contributed by atoms with Crippen molar-refractivity contribution in [1.29, 1.82) is 0 Å². The van der Waals surface area contributed by atoms with E-state index in [-0.39, 0.29) is 24.9 Å². The van der Waals surface area contributed by atoms with Crippen molar-refractivity contribution in [3.63, 3.8) is 0 Å². The normalized spacial score (nSPS) is 32.4. The topological polar surface area (TPSA) is 66.8 Å². The minimum absolute atomic E-state index is 0.00926. The largest absolute Gasteiger partial charge is 0.481 e. The lowest BCUT2D eigenvalue weighted by Crippen LogP contribution is -2.43. The highest BCUT2D eigenvalue weighted by atomic mass is 16.5. The third-order valence-corrected chi connectivity index (χ3v) is 3.90. The molecule has 2 saturated heterocycles. The molecule has 2 aliphatic heterocycles. The highest BCUT2D eigenvalue weighted by Gasteiger charge is 2.39. The molecular formula is C12H19NO4. The number of nitrogens with zero attached hydrogens (tertiary/aromatic N) is 1. The molecule has 5 heteroatoms. The van der Waals surface area contributed by atoms with Crippen LogP contribution in [0.2, 0.25) is 0 Å². The fraction of sp³-hybridized carbons (Fsp3) is 0.833. The van der Waals surface area contributed by atoms with E-state index in [0.717, 1.165) is 12.8 Å². The van der Waals surface area contributed by atoms with Crippen LogP contribution in [0.1, 0.15) is 38.5 Å². The van der Waals surface area contributed by atoms with Gasteiger partial charge in [0, 0.05) is 12.1 Å². The van der Waals surface area contributed by atoms with Crippen LogP contribution in [0.5, 0.6) is 0 Å². The molecule has 2 rings (SSSR count). The molecule has 1 N–H and O–H groups in total. The molecule has 17 heavy (non-hydrogen) atoms. The summed E-state index contributed by atoms with van der Waals surface area (Å²) >= 11 is 0. The molecule has 96 valence electrons.